The van der Waals surface area contributed by atoms with E-state index in [0.717, 1.165) is 30.5 Å². The lowest BCUT2D eigenvalue weighted by Crippen LogP contribution is -2.39. The minimum atomic E-state index is -0.559. The number of halogens is 1. The predicted octanol–water partition coefficient (Wildman–Crippen LogP) is 3.07. The molecule has 3 atom stereocenters. The number of nitrogens with one attached hydrogen (secondary N) is 1. The van der Waals surface area contributed by atoms with Gasteiger partial charge in [-0.3, -0.25) is 0 Å². The molecule has 3 rings (SSSR count). The molecule has 0 spiro atoms. The molecule has 1 unspecified atom stereocenters. The Hall–Kier alpha value is -1.71. The summed E-state index contributed by atoms with van der Waals surface area (Å²) >= 11 is 0. The normalized spacial score (nSPS) is 21.1. The number of hydrogen-bond donors (Lipinski definition) is 2. The quantitative estimate of drug-likeness (QED) is 0.905. The summed E-state index contributed by atoms with van der Waals surface area (Å²) in [7, 11) is 0. The van der Waals surface area contributed by atoms with Gasteiger partial charge in [-0.05, 0) is 42.6 Å². The second kappa shape index (κ2) is 6.37. The number of rotatable bonds is 4. The lowest BCUT2D eigenvalue weighted by atomic mass is 9.83. The van der Waals surface area contributed by atoms with Crippen molar-refractivity contribution in [1.82, 2.24) is 5.32 Å². The molecule has 2 N–H and O–H groups in total. The van der Waals surface area contributed by atoms with E-state index in [2.05, 4.69) is 5.32 Å². The van der Waals surface area contributed by atoms with Crippen molar-refractivity contribution >= 4 is 0 Å². The van der Waals surface area contributed by atoms with Crippen LogP contribution in [0.4, 0.5) is 4.39 Å². The van der Waals surface area contributed by atoms with Crippen molar-refractivity contribution in [2.24, 2.45) is 0 Å². The van der Waals surface area contributed by atoms with Gasteiger partial charge < -0.3 is 10.4 Å². The largest absolute Gasteiger partial charge is 0.391 e. The van der Waals surface area contributed by atoms with Crippen LogP contribution >= 0.6 is 0 Å². The van der Waals surface area contributed by atoms with E-state index in [1.54, 1.807) is 6.07 Å². The van der Waals surface area contributed by atoms with Gasteiger partial charge in [0.1, 0.15) is 5.82 Å². The fourth-order valence-corrected chi connectivity index (χ4v) is 3.18. The zero-order valence-corrected chi connectivity index (χ0v) is 11.9. The zero-order valence-electron chi connectivity index (χ0n) is 11.9. The fourth-order valence-electron chi connectivity index (χ4n) is 3.18. The second-order valence-electron chi connectivity index (χ2n) is 5.64. The van der Waals surface area contributed by atoms with Gasteiger partial charge in [-0.2, -0.15) is 0 Å². The highest BCUT2D eigenvalue weighted by Gasteiger charge is 2.31. The molecule has 0 aromatic heterocycles. The van der Waals surface area contributed by atoms with Crippen molar-refractivity contribution in [2.75, 3.05) is 6.54 Å². The number of hydrogen-bond acceptors (Lipinski definition) is 2. The third-order valence-electron chi connectivity index (χ3n) is 4.22. The zero-order chi connectivity index (χ0) is 14.7. The van der Waals surface area contributed by atoms with Crippen LogP contribution < -0.4 is 5.32 Å². The molecule has 2 aromatic carbocycles. The summed E-state index contributed by atoms with van der Waals surface area (Å²) in [4.78, 5) is 0. The van der Waals surface area contributed by atoms with E-state index in [-0.39, 0.29) is 17.8 Å². The topological polar surface area (TPSA) is 32.3 Å². The van der Waals surface area contributed by atoms with E-state index in [1.165, 1.54) is 12.1 Å². The molecule has 0 amide bonds. The van der Waals surface area contributed by atoms with Crippen molar-refractivity contribution in [3.63, 3.8) is 0 Å². The van der Waals surface area contributed by atoms with Gasteiger partial charge in [0.05, 0.1) is 6.10 Å². The summed E-state index contributed by atoms with van der Waals surface area (Å²) in [6, 6.07) is 16.5. The maximum absolute atomic E-state index is 13.6. The van der Waals surface area contributed by atoms with Crippen LogP contribution in [0.5, 0.6) is 0 Å². The Balaban J connectivity index is 1.98. The Bertz CT molecular complexity index is 581. The van der Waals surface area contributed by atoms with Gasteiger partial charge in [0.25, 0.3) is 0 Å². The molecule has 21 heavy (non-hydrogen) atoms. The van der Waals surface area contributed by atoms with E-state index >= 15 is 0 Å². The number of benzene rings is 2. The lowest BCUT2D eigenvalue weighted by Gasteiger charge is -2.28. The van der Waals surface area contributed by atoms with Gasteiger partial charge in [0.2, 0.25) is 0 Å². The highest BCUT2D eigenvalue weighted by Crippen LogP contribution is 2.31. The smallest absolute Gasteiger partial charge is 0.123 e. The summed E-state index contributed by atoms with van der Waals surface area (Å²) in [6.45, 7) is 0.937. The molecule has 0 saturated carbocycles. The maximum atomic E-state index is 13.6. The van der Waals surface area contributed by atoms with Crippen molar-refractivity contribution in [3.05, 3.63) is 71.5 Å². The Morgan fingerprint density at radius 3 is 2.48 bits per heavy atom. The molecule has 2 nitrogen and oxygen atoms in total. The average Bonchev–Trinajstić information content (AvgIpc) is 3.03. The van der Waals surface area contributed by atoms with Crippen LogP contribution in [0.3, 0.4) is 0 Å². The Kier molecular flexibility index (Phi) is 4.32. The maximum Gasteiger partial charge on any atom is 0.123 e. The summed E-state index contributed by atoms with van der Waals surface area (Å²) in [5, 5.41) is 14.2. The molecular weight excluding hydrogens is 265 g/mol. The average molecular weight is 285 g/mol. The Morgan fingerprint density at radius 2 is 1.81 bits per heavy atom. The van der Waals surface area contributed by atoms with Crippen molar-refractivity contribution in [2.45, 2.75) is 30.9 Å². The molecular formula is C18H20FNO. The highest BCUT2D eigenvalue weighted by molar-refractivity contribution is 5.34. The van der Waals surface area contributed by atoms with Gasteiger partial charge in [-0.1, -0.05) is 42.5 Å². The molecule has 1 aliphatic rings. The van der Waals surface area contributed by atoms with Crippen molar-refractivity contribution in [3.8, 4) is 0 Å². The van der Waals surface area contributed by atoms with E-state index < -0.39 is 6.10 Å². The second-order valence-corrected chi connectivity index (χ2v) is 5.64. The highest BCUT2D eigenvalue weighted by atomic mass is 19.1. The van der Waals surface area contributed by atoms with Crippen LogP contribution in [0, 0.1) is 5.82 Å². The Labute approximate surface area is 124 Å². The minimum absolute atomic E-state index is 0.0680. The van der Waals surface area contributed by atoms with Crippen LogP contribution in [-0.4, -0.2) is 23.8 Å². The van der Waals surface area contributed by atoms with Gasteiger partial charge in [-0.15, -0.1) is 0 Å². The van der Waals surface area contributed by atoms with Crippen molar-refractivity contribution < 1.29 is 9.50 Å². The summed E-state index contributed by atoms with van der Waals surface area (Å²) in [5.74, 6) is -0.475. The van der Waals surface area contributed by atoms with Crippen LogP contribution in [0.25, 0.3) is 0 Å². The summed E-state index contributed by atoms with van der Waals surface area (Å²) in [5.41, 5.74) is 1.84. The van der Waals surface area contributed by atoms with Crippen LogP contribution in [0.1, 0.15) is 29.9 Å². The third kappa shape index (κ3) is 3.14. The van der Waals surface area contributed by atoms with E-state index in [0.29, 0.717) is 0 Å². The molecule has 1 heterocycles. The molecule has 0 aliphatic carbocycles. The Morgan fingerprint density at radius 1 is 1.05 bits per heavy atom. The minimum Gasteiger partial charge on any atom is -0.391 e. The monoisotopic (exact) mass is 285 g/mol. The first-order chi connectivity index (χ1) is 10.3. The molecule has 0 bridgehead atoms. The molecule has 110 valence electrons. The summed E-state index contributed by atoms with van der Waals surface area (Å²) < 4.78 is 13.6. The van der Waals surface area contributed by atoms with Crippen LogP contribution in [0.15, 0.2) is 54.6 Å². The molecule has 1 saturated heterocycles. The SMILES string of the molecule is O[C@H](C1CCCN1)[C@@H](c1ccccc1)c1cccc(F)c1. The van der Waals surface area contributed by atoms with Gasteiger partial charge in [0, 0.05) is 12.0 Å². The first kappa shape index (κ1) is 14.2. The van der Waals surface area contributed by atoms with Crippen LogP contribution in [0.2, 0.25) is 0 Å². The molecule has 1 fully saturated rings. The summed E-state index contributed by atoms with van der Waals surface area (Å²) in [6.07, 6.45) is 1.48. The number of aliphatic hydroxyl groups excluding tert-OH is 1. The van der Waals surface area contributed by atoms with Gasteiger partial charge in [-0.25, -0.2) is 4.39 Å². The molecule has 0 radical (unpaired) electrons. The van der Waals surface area contributed by atoms with E-state index in [9.17, 15) is 9.50 Å². The lowest BCUT2D eigenvalue weighted by molar-refractivity contribution is 0.119. The standard InChI is InChI=1S/C18H20FNO/c19-15-9-4-8-14(12-15)17(13-6-2-1-3-7-13)18(21)16-10-5-11-20-16/h1-4,6-9,12,16-18,20-21H,5,10-11H2/t16?,17-,18+/m0/s1. The van der Waals surface area contributed by atoms with E-state index in [4.69, 9.17) is 0 Å². The molecule has 3 heteroatoms. The molecule has 1 aliphatic heterocycles. The molecule has 2 aromatic rings. The van der Waals surface area contributed by atoms with E-state index in [1.807, 2.05) is 36.4 Å². The van der Waals surface area contributed by atoms with Crippen molar-refractivity contribution in [1.29, 1.82) is 0 Å². The van der Waals surface area contributed by atoms with Gasteiger partial charge in [0.15, 0.2) is 0 Å². The number of aliphatic hydroxyl groups is 1. The predicted molar refractivity (Wildman–Crippen MR) is 81.7 cm³/mol. The van der Waals surface area contributed by atoms with Gasteiger partial charge >= 0.3 is 0 Å². The third-order valence-corrected chi connectivity index (χ3v) is 4.22. The fraction of sp³-hybridized carbons (Fsp3) is 0.333. The first-order valence-electron chi connectivity index (χ1n) is 7.47. The first-order valence-corrected chi connectivity index (χ1v) is 7.47. The van der Waals surface area contributed by atoms with Crippen LogP contribution in [-0.2, 0) is 0 Å².